The molecule has 1 rings (SSSR count). The molecule has 1 aromatic rings. The molecule has 0 aromatic carbocycles. The van der Waals surface area contributed by atoms with Crippen LogP contribution in [-0.2, 0) is 4.74 Å². The van der Waals surface area contributed by atoms with Crippen LogP contribution in [0.5, 0.6) is 0 Å². The Hall–Kier alpha value is 0.0395. The zero-order valence-electron chi connectivity index (χ0n) is 5.83. The Morgan fingerprint density at radius 2 is 2.64 bits per heavy atom. The monoisotopic (exact) mass is 254 g/mol. The number of rotatable bonds is 2. The van der Waals surface area contributed by atoms with Crippen molar-refractivity contribution in [3.05, 3.63) is 12.5 Å². The summed E-state index contributed by atoms with van der Waals surface area (Å²) in [4.78, 5) is 13.6. The molecule has 0 unspecified atom stereocenters. The Bertz CT molecular complexity index is 302. The van der Waals surface area contributed by atoms with Gasteiger partial charge in [0.25, 0.3) is 0 Å². The average molecular weight is 253 g/mol. The van der Waals surface area contributed by atoms with Crippen molar-refractivity contribution < 1.29 is 9.53 Å². The molecule has 0 amide bonds. The maximum absolute atomic E-state index is 11.0. The summed E-state index contributed by atoms with van der Waals surface area (Å²) >= 11 is 6.50. The molecule has 0 saturated heterocycles. The first-order valence-corrected chi connectivity index (χ1v) is 6.07. The zero-order chi connectivity index (χ0) is 8.27. The average Bonchev–Trinajstić information content (AvgIpc) is 2.36. The van der Waals surface area contributed by atoms with Gasteiger partial charge in [-0.05, 0) is 0 Å². The van der Waals surface area contributed by atoms with E-state index in [1.807, 2.05) is 4.94 Å². The minimum absolute atomic E-state index is 0.210. The number of hydrogen-bond acceptors (Lipinski definition) is 4. The quantitative estimate of drug-likeness (QED) is 0.456. The Kier molecular flexibility index (Phi) is 3.45. The van der Waals surface area contributed by atoms with Crippen LogP contribution in [0.2, 0.25) is 0 Å². The molecular formula is C6H6O2S2Se. The molecule has 5 heteroatoms. The van der Waals surface area contributed by atoms with Crippen LogP contribution in [0.25, 0.3) is 0 Å². The van der Waals surface area contributed by atoms with Crippen LogP contribution in [0.3, 0.4) is 0 Å². The number of esters is 1. The molecule has 0 aliphatic rings. The molecule has 60 valence electrons. The van der Waals surface area contributed by atoms with Crippen molar-refractivity contribution in [1.29, 1.82) is 0 Å². The van der Waals surface area contributed by atoms with E-state index in [1.54, 1.807) is 6.92 Å². The van der Waals surface area contributed by atoms with Crippen molar-refractivity contribution in [2.45, 2.75) is 6.92 Å². The summed E-state index contributed by atoms with van der Waals surface area (Å²) in [7, 11) is 0. The molecule has 0 N–H and O–H groups in total. The molecular weight excluding hydrogens is 247 g/mol. The van der Waals surface area contributed by atoms with Gasteiger partial charge in [0.2, 0.25) is 0 Å². The molecule has 0 saturated carbocycles. The van der Waals surface area contributed by atoms with Crippen LogP contribution in [0.15, 0.2) is 4.94 Å². The predicted octanol–water partition coefficient (Wildman–Crippen LogP) is 1.71. The van der Waals surface area contributed by atoms with Crippen molar-refractivity contribution in [3.63, 3.8) is 0 Å². The van der Waals surface area contributed by atoms with E-state index in [1.165, 1.54) is 11.3 Å². The molecule has 0 spiro atoms. The summed E-state index contributed by atoms with van der Waals surface area (Å²) in [6.07, 6.45) is 0. The normalized spacial score (nSPS) is 9.55. The van der Waals surface area contributed by atoms with Crippen molar-refractivity contribution in [2.24, 2.45) is 0 Å². The standard InChI is InChI=1S/C6H6O2S2Se/c1-2-8-5(7)4-3-11-6(9)10-4/h3H,2H2,1H3. The fourth-order valence-corrected chi connectivity index (χ4v) is 3.77. The molecule has 0 aliphatic carbocycles. The Morgan fingerprint density at radius 1 is 1.91 bits per heavy atom. The van der Waals surface area contributed by atoms with Crippen LogP contribution in [0.4, 0.5) is 0 Å². The molecule has 2 nitrogen and oxygen atoms in total. The van der Waals surface area contributed by atoms with Gasteiger partial charge in [0.05, 0.1) is 0 Å². The van der Waals surface area contributed by atoms with Crippen LogP contribution in [-0.4, -0.2) is 27.1 Å². The van der Waals surface area contributed by atoms with E-state index < -0.39 is 0 Å². The van der Waals surface area contributed by atoms with Gasteiger partial charge in [0.1, 0.15) is 0 Å². The molecule has 0 radical (unpaired) electrons. The predicted molar refractivity (Wildman–Crippen MR) is 48.0 cm³/mol. The third kappa shape index (κ3) is 2.52. The first-order chi connectivity index (χ1) is 5.24. The van der Waals surface area contributed by atoms with E-state index in [4.69, 9.17) is 17.0 Å². The van der Waals surface area contributed by atoms with Gasteiger partial charge < -0.3 is 0 Å². The van der Waals surface area contributed by atoms with Crippen molar-refractivity contribution in [3.8, 4) is 0 Å². The van der Waals surface area contributed by atoms with E-state index in [2.05, 4.69) is 0 Å². The second kappa shape index (κ2) is 4.16. The molecule has 0 bridgehead atoms. The van der Waals surface area contributed by atoms with E-state index in [9.17, 15) is 4.79 Å². The first-order valence-electron chi connectivity index (χ1n) is 2.99. The van der Waals surface area contributed by atoms with Gasteiger partial charge in [-0.2, -0.15) is 0 Å². The molecule has 0 fully saturated rings. The summed E-state index contributed by atoms with van der Waals surface area (Å²) in [5, 5.41) is 0. The third-order valence-corrected chi connectivity index (χ3v) is 4.86. The SMILES string of the molecule is CCOC(=O)c1c[se]c(=S)s1. The maximum atomic E-state index is 11.0. The van der Waals surface area contributed by atoms with Crippen molar-refractivity contribution >= 4 is 44.0 Å². The first kappa shape index (κ1) is 9.13. The van der Waals surface area contributed by atoms with Crippen LogP contribution in [0, 0.1) is 2.70 Å². The van der Waals surface area contributed by atoms with Gasteiger partial charge >= 0.3 is 79.6 Å². The van der Waals surface area contributed by atoms with E-state index in [0.29, 0.717) is 11.5 Å². The van der Waals surface area contributed by atoms with Gasteiger partial charge in [-0.1, -0.05) is 0 Å². The number of carbonyl (C=O) groups excluding carboxylic acids is 1. The van der Waals surface area contributed by atoms with Gasteiger partial charge in [-0.3, -0.25) is 0 Å². The van der Waals surface area contributed by atoms with Gasteiger partial charge in [0.15, 0.2) is 0 Å². The van der Waals surface area contributed by atoms with Crippen LogP contribution in [0.1, 0.15) is 16.6 Å². The van der Waals surface area contributed by atoms with Crippen LogP contribution < -0.4 is 0 Å². The fraction of sp³-hybridized carbons (Fsp3) is 0.333. The molecule has 0 aliphatic heterocycles. The number of ether oxygens (including phenoxy) is 1. The van der Waals surface area contributed by atoms with Gasteiger partial charge in [-0.25, -0.2) is 0 Å². The van der Waals surface area contributed by atoms with Crippen molar-refractivity contribution in [2.75, 3.05) is 6.61 Å². The molecule has 11 heavy (non-hydrogen) atoms. The molecule has 1 aromatic heterocycles. The van der Waals surface area contributed by atoms with Crippen molar-refractivity contribution in [1.82, 2.24) is 0 Å². The number of carbonyl (C=O) groups is 1. The second-order valence-corrected chi connectivity index (χ2v) is 6.40. The summed E-state index contributed by atoms with van der Waals surface area (Å²) < 4.78 is 5.70. The van der Waals surface area contributed by atoms with E-state index in [0.717, 1.165) is 2.70 Å². The zero-order valence-corrected chi connectivity index (χ0v) is 9.17. The Labute approximate surface area is 79.6 Å². The summed E-state index contributed by atoms with van der Waals surface area (Å²) in [5.41, 5.74) is 0. The number of hydrogen-bond donors (Lipinski definition) is 0. The van der Waals surface area contributed by atoms with E-state index in [-0.39, 0.29) is 20.5 Å². The summed E-state index contributed by atoms with van der Waals surface area (Å²) in [6, 6.07) is 0. The molecule has 0 atom stereocenters. The summed E-state index contributed by atoms with van der Waals surface area (Å²) in [6.45, 7) is 2.22. The van der Waals surface area contributed by atoms with Gasteiger partial charge in [0, 0.05) is 0 Å². The minimum atomic E-state index is -0.237. The second-order valence-electron chi connectivity index (χ2n) is 1.67. The fourth-order valence-electron chi connectivity index (χ4n) is 0.532. The third-order valence-electron chi connectivity index (χ3n) is 0.932. The van der Waals surface area contributed by atoms with Gasteiger partial charge in [-0.15, -0.1) is 0 Å². The Morgan fingerprint density at radius 3 is 3.09 bits per heavy atom. The topological polar surface area (TPSA) is 26.3 Å². The van der Waals surface area contributed by atoms with E-state index >= 15 is 0 Å². The summed E-state index contributed by atoms with van der Waals surface area (Å²) in [5.74, 6) is -0.237. The Balaban J connectivity index is 2.76. The molecule has 1 heterocycles. The van der Waals surface area contributed by atoms with Crippen LogP contribution >= 0.6 is 23.6 Å².